The van der Waals surface area contributed by atoms with Gasteiger partial charge in [0.15, 0.2) is 0 Å². The zero-order valence-electron chi connectivity index (χ0n) is 9.27. The van der Waals surface area contributed by atoms with Gasteiger partial charge in [-0.1, -0.05) is 0 Å². The number of benzene rings is 1. The minimum atomic E-state index is 0.175. The Morgan fingerprint density at radius 3 is 2.56 bits per heavy atom. The molecule has 3 heteroatoms. The zero-order chi connectivity index (χ0) is 11.5. The van der Waals surface area contributed by atoms with Crippen LogP contribution >= 0.6 is 0 Å². The topological polar surface area (TPSA) is 42.4 Å². The van der Waals surface area contributed by atoms with Gasteiger partial charge in [-0.2, -0.15) is 0 Å². The Morgan fingerprint density at radius 1 is 1.19 bits per heavy atom. The third kappa shape index (κ3) is 1.98. The van der Waals surface area contributed by atoms with E-state index in [1.54, 1.807) is 19.2 Å². The molecule has 0 unspecified atom stereocenters. The Morgan fingerprint density at radius 2 is 2.00 bits per heavy atom. The Balaban J connectivity index is 2.41. The monoisotopic (exact) mass is 215 g/mol. The van der Waals surface area contributed by atoms with Gasteiger partial charge in [-0.15, -0.1) is 0 Å². The molecule has 0 saturated heterocycles. The van der Waals surface area contributed by atoms with E-state index in [1.807, 2.05) is 25.1 Å². The smallest absolute Gasteiger partial charge is 0.133 e. The van der Waals surface area contributed by atoms with Crippen molar-refractivity contribution in [3.8, 4) is 22.8 Å². The molecule has 1 aromatic carbocycles. The molecule has 0 saturated carbocycles. The van der Waals surface area contributed by atoms with Crippen LogP contribution in [0.1, 0.15) is 5.56 Å². The van der Waals surface area contributed by atoms with Crippen molar-refractivity contribution in [1.82, 2.24) is 4.98 Å². The average molecular weight is 215 g/mol. The Bertz CT molecular complexity index is 492. The van der Waals surface area contributed by atoms with E-state index in [2.05, 4.69) is 4.98 Å². The van der Waals surface area contributed by atoms with Crippen molar-refractivity contribution in [2.75, 3.05) is 7.11 Å². The number of aryl methyl sites for hydroxylation is 1. The molecule has 1 N–H and O–H groups in total. The van der Waals surface area contributed by atoms with Crippen molar-refractivity contribution in [3.05, 3.63) is 42.1 Å². The number of aromatic nitrogens is 1. The molecule has 16 heavy (non-hydrogen) atoms. The number of hydrogen-bond donors (Lipinski definition) is 1. The fourth-order valence-corrected chi connectivity index (χ4v) is 1.59. The highest BCUT2D eigenvalue weighted by molar-refractivity contribution is 5.62. The van der Waals surface area contributed by atoms with Gasteiger partial charge in [0.2, 0.25) is 0 Å². The van der Waals surface area contributed by atoms with Gasteiger partial charge in [-0.05, 0) is 42.8 Å². The molecule has 2 rings (SSSR count). The fourth-order valence-electron chi connectivity index (χ4n) is 1.59. The molecule has 2 aromatic rings. The van der Waals surface area contributed by atoms with Crippen molar-refractivity contribution in [2.45, 2.75) is 6.92 Å². The second-order valence-electron chi connectivity index (χ2n) is 3.59. The molecule has 0 aliphatic heterocycles. The molecule has 0 amide bonds. The molecule has 0 fully saturated rings. The molecule has 0 aliphatic carbocycles. The lowest BCUT2D eigenvalue weighted by atomic mass is 10.1. The minimum absolute atomic E-state index is 0.175. The van der Waals surface area contributed by atoms with Crippen LogP contribution in [-0.4, -0.2) is 17.2 Å². The maximum Gasteiger partial charge on any atom is 0.133 e. The summed E-state index contributed by atoms with van der Waals surface area (Å²) in [7, 11) is 1.65. The second kappa shape index (κ2) is 4.23. The number of methoxy groups -OCH3 is 1. The highest BCUT2D eigenvalue weighted by Gasteiger charge is 2.03. The van der Waals surface area contributed by atoms with Crippen molar-refractivity contribution >= 4 is 0 Å². The largest absolute Gasteiger partial charge is 0.506 e. The first-order valence-corrected chi connectivity index (χ1v) is 5.01. The standard InChI is InChI=1S/C13H13NO2/c1-9-7-10(3-6-13(9)16-2)12-5-4-11(15)8-14-12/h3-8,15H,1-2H3. The van der Waals surface area contributed by atoms with Gasteiger partial charge in [-0.3, -0.25) is 4.98 Å². The second-order valence-corrected chi connectivity index (χ2v) is 3.59. The lowest BCUT2D eigenvalue weighted by Gasteiger charge is -2.06. The highest BCUT2D eigenvalue weighted by Crippen LogP contribution is 2.25. The van der Waals surface area contributed by atoms with Crippen LogP contribution in [0.4, 0.5) is 0 Å². The third-order valence-corrected chi connectivity index (χ3v) is 2.44. The zero-order valence-corrected chi connectivity index (χ0v) is 9.27. The summed E-state index contributed by atoms with van der Waals surface area (Å²) in [5.74, 6) is 1.04. The lowest BCUT2D eigenvalue weighted by Crippen LogP contribution is -1.88. The lowest BCUT2D eigenvalue weighted by molar-refractivity contribution is 0.412. The average Bonchev–Trinajstić information content (AvgIpc) is 2.30. The van der Waals surface area contributed by atoms with E-state index in [0.29, 0.717) is 0 Å². The molecule has 82 valence electrons. The molecular weight excluding hydrogens is 202 g/mol. The van der Waals surface area contributed by atoms with E-state index < -0.39 is 0 Å². The van der Waals surface area contributed by atoms with E-state index in [9.17, 15) is 0 Å². The summed E-state index contributed by atoms with van der Waals surface area (Å²) < 4.78 is 5.19. The number of pyridine rings is 1. The van der Waals surface area contributed by atoms with Crippen LogP contribution in [0.15, 0.2) is 36.5 Å². The predicted octanol–water partition coefficient (Wildman–Crippen LogP) is 2.77. The summed E-state index contributed by atoms with van der Waals surface area (Å²) in [6, 6.07) is 9.29. The summed E-state index contributed by atoms with van der Waals surface area (Å²) >= 11 is 0. The number of rotatable bonds is 2. The summed E-state index contributed by atoms with van der Waals surface area (Å²) in [5, 5.41) is 9.16. The third-order valence-electron chi connectivity index (χ3n) is 2.44. The van der Waals surface area contributed by atoms with Crippen molar-refractivity contribution in [3.63, 3.8) is 0 Å². The van der Waals surface area contributed by atoms with Crippen molar-refractivity contribution in [1.29, 1.82) is 0 Å². The highest BCUT2D eigenvalue weighted by atomic mass is 16.5. The first kappa shape index (κ1) is 10.5. The molecule has 3 nitrogen and oxygen atoms in total. The molecule has 0 spiro atoms. The maximum atomic E-state index is 9.16. The van der Waals surface area contributed by atoms with Crippen LogP contribution in [0.25, 0.3) is 11.3 Å². The molecular formula is C13H13NO2. The fraction of sp³-hybridized carbons (Fsp3) is 0.154. The molecule has 0 bridgehead atoms. The van der Waals surface area contributed by atoms with Crippen LogP contribution < -0.4 is 4.74 Å². The maximum absolute atomic E-state index is 9.16. The molecule has 1 heterocycles. The van der Waals surface area contributed by atoms with Gasteiger partial charge < -0.3 is 9.84 Å². The van der Waals surface area contributed by atoms with E-state index in [1.165, 1.54) is 6.20 Å². The van der Waals surface area contributed by atoms with Gasteiger partial charge >= 0.3 is 0 Å². The number of aromatic hydroxyl groups is 1. The first-order chi connectivity index (χ1) is 7.70. The summed E-state index contributed by atoms with van der Waals surface area (Å²) in [4.78, 5) is 4.15. The van der Waals surface area contributed by atoms with E-state index in [0.717, 1.165) is 22.6 Å². The summed E-state index contributed by atoms with van der Waals surface area (Å²) in [6.07, 6.45) is 1.44. The molecule has 0 radical (unpaired) electrons. The van der Waals surface area contributed by atoms with Crippen molar-refractivity contribution < 1.29 is 9.84 Å². The summed E-state index contributed by atoms with van der Waals surface area (Å²) in [5.41, 5.74) is 2.91. The minimum Gasteiger partial charge on any atom is -0.506 e. The molecule has 0 atom stereocenters. The van der Waals surface area contributed by atoms with Crippen LogP contribution in [0.3, 0.4) is 0 Å². The van der Waals surface area contributed by atoms with Gasteiger partial charge in [0.1, 0.15) is 11.5 Å². The molecule has 0 aliphatic rings. The van der Waals surface area contributed by atoms with Crippen LogP contribution in [0, 0.1) is 6.92 Å². The first-order valence-electron chi connectivity index (χ1n) is 5.01. The van der Waals surface area contributed by atoms with Crippen LogP contribution in [0.5, 0.6) is 11.5 Å². The SMILES string of the molecule is COc1ccc(-c2ccc(O)cn2)cc1C. The van der Waals surface area contributed by atoms with E-state index in [-0.39, 0.29) is 5.75 Å². The van der Waals surface area contributed by atoms with Gasteiger partial charge in [0.05, 0.1) is 19.0 Å². The van der Waals surface area contributed by atoms with Crippen LogP contribution in [-0.2, 0) is 0 Å². The van der Waals surface area contributed by atoms with Gasteiger partial charge in [0.25, 0.3) is 0 Å². The number of nitrogens with zero attached hydrogens (tertiary/aromatic N) is 1. The van der Waals surface area contributed by atoms with Gasteiger partial charge in [0, 0.05) is 5.56 Å². The van der Waals surface area contributed by atoms with E-state index >= 15 is 0 Å². The Hall–Kier alpha value is -2.03. The quantitative estimate of drug-likeness (QED) is 0.837. The molecule has 1 aromatic heterocycles. The predicted molar refractivity (Wildman–Crippen MR) is 62.6 cm³/mol. The summed E-state index contributed by atoms with van der Waals surface area (Å²) in [6.45, 7) is 1.99. The normalized spacial score (nSPS) is 10.1. The number of hydrogen-bond acceptors (Lipinski definition) is 3. The Labute approximate surface area is 94.3 Å². The Kier molecular flexibility index (Phi) is 2.77. The van der Waals surface area contributed by atoms with Crippen molar-refractivity contribution in [2.24, 2.45) is 0 Å². The van der Waals surface area contributed by atoms with E-state index in [4.69, 9.17) is 9.84 Å². The van der Waals surface area contributed by atoms with Gasteiger partial charge in [-0.25, -0.2) is 0 Å². The number of ether oxygens (including phenoxy) is 1. The van der Waals surface area contributed by atoms with Crippen LogP contribution in [0.2, 0.25) is 0 Å².